The molecule has 0 aliphatic carbocycles. The fourth-order valence-electron chi connectivity index (χ4n) is 2.04. The van der Waals surface area contributed by atoms with E-state index < -0.39 is 35.0 Å². The number of nitrogens with zero attached hydrogens (tertiary/aromatic N) is 1. The summed E-state index contributed by atoms with van der Waals surface area (Å²) in [6.45, 7) is 0.362. The molecule has 1 heterocycles. The van der Waals surface area contributed by atoms with Crippen molar-refractivity contribution in [2.45, 2.75) is 18.9 Å². The fraction of sp³-hybridized carbons (Fsp3) is 0.417. The van der Waals surface area contributed by atoms with E-state index in [1.165, 1.54) is 4.90 Å². The number of halogens is 3. The van der Waals surface area contributed by atoms with Gasteiger partial charge in [0.1, 0.15) is 23.0 Å². The Morgan fingerprint density at radius 3 is 2.44 bits per heavy atom. The Labute approximate surface area is 102 Å². The van der Waals surface area contributed by atoms with Gasteiger partial charge in [0.25, 0.3) is 5.91 Å². The lowest BCUT2D eigenvalue weighted by molar-refractivity contribution is 0.0465. The smallest absolute Gasteiger partial charge is 0.259 e. The van der Waals surface area contributed by atoms with Crippen LogP contribution in [0.1, 0.15) is 23.2 Å². The zero-order valence-electron chi connectivity index (χ0n) is 9.50. The highest BCUT2D eigenvalue weighted by Gasteiger charge is 2.27. The normalized spacial score (nSPS) is 20.0. The molecule has 1 aliphatic heterocycles. The van der Waals surface area contributed by atoms with Crippen LogP contribution in [0.5, 0.6) is 0 Å². The highest BCUT2D eigenvalue weighted by Crippen LogP contribution is 2.19. The monoisotopic (exact) mass is 259 g/mol. The second-order valence-electron chi connectivity index (χ2n) is 4.29. The Hall–Kier alpha value is -1.56. The van der Waals surface area contributed by atoms with Crippen molar-refractivity contribution in [2.75, 3.05) is 13.1 Å². The molecule has 1 unspecified atom stereocenters. The lowest BCUT2D eigenvalue weighted by Gasteiger charge is -2.30. The third-order valence-electron chi connectivity index (χ3n) is 2.90. The molecule has 1 fully saturated rings. The van der Waals surface area contributed by atoms with E-state index in [0.29, 0.717) is 31.5 Å². The van der Waals surface area contributed by atoms with Gasteiger partial charge in [-0.3, -0.25) is 4.79 Å². The maximum absolute atomic E-state index is 13.4. The molecular formula is C12H12F3NO2. The van der Waals surface area contributed by atoms with Gasteiger partial charge in [-0.1, -0.05) is 0 Å². The summed E-state index contributed by atoms with van der Waals surface area (Å²) in [5, 5.41) is 9.42. The number of β-amino-alcohol motifs (C(OH)–C–C–N with tert-alkyl or cyclic N) is 1. The van der Waals surface area contributed by atoms with Crippen LogP contribution in [0.3, 0.4) is 0 Å². The summed E-state index contributed by atoms with van der Waals surface area (Å²) in [4.78, 5) is 13.1. The average Bonchev–Trinajstić information content (AvgIpc) is 2.27. The van der Waals surface area contributed by atoms with Crippen molar-refractivity contribution in [1.29, 1.82) is 0 Å². The van der Waals surface area contributed by atoms with Crippen LogP contribution >= 0.6 is 0 Å². The van der Waals surface area contributed by atoms with Crippen LogP contribution in [0.2, 0.25) is 0 Å². The number of benzene rings is 1. The van der Waals surface area contributed by atoms with E-state index in [1.807, 2.05) is 0 Å². The van der Waals surface area contributed by atoms with E-state index in [9.17, 15) is 23.1 Å². The maximum atomic E-state index is 13.4. The number of hydrogen-bond acceptors (Lipinski definition) is 2. The molecular weight excluding hydrogens is 247 g/mol. The van der Waals surface area contributed by atoms with Crippen LogP contribution in [0.15, 0.2) is 12.1 Å². The van der Waals surface area contributed by atoms with Crippen molar-refractivity contribution in [3.05, 3.63) is 35.1 Å². The van der Waals surface area contributed by atoms with Crippen molar-refractivity contribution in [3.8, 4) is 0 Å². The van der Waals surface area contributed by atoms with Gasteiger partial charge < -0.3 is 10.0 Å². The van der Waals surface area contributed by atoms with Gasteiger partial charge in [0.15, 0.2) is 0 Å². The molecule has 2 rings (SSSR count). The summed E-state index contributed by atoms with van der Waals surface area (Å²) in [7, 11) is 0. The van der Waals surface area contributed by atoms with Crippen molar-refractivity contribution in [2.24, 2.45) is 0 Å². The maximum Gasteiger partial charge on any atom is 0.259 e. The number of aliphatic hydroxyl groups excluding tert-OH is 1. The van der Waals surface area contributed by atoms with E-state index in [4.69, 9.17) is 0 Å². The summed E-state index contributed by atoms with van der Waals surface area (Å²) in [6, 6.07) is 0.938. The molecule has 1 aliphatic rings. The quantitative estimate of drug-likeness (QED) is 0.834. The highest BCUT2D eigenvalue weighted by atomic mass is 19.1. The Morgan fingerprint density at radius 1 is 1.28 bits per heavy atom. The second kappa shape index (κ2) is 4.97. The first kappa shape index (κ1) is 12.9. The zero-order valence-corrected chi connectivity index (χ0v) is 9.50. The molecule has 0 saturated carbocycles. The molecule has 1 aromatic carbocycles. The van der Waals surface area contributed by atoms with Crippen LogP contribution in [0.4, 0.5) is 13.2 Å². The Kier molecular flexibility index (Phi) is 3.56. The van der Waals surface area contributed by atoms with Crippen molar-refractivity contribution >= 4 is 5.91 Å². The van der Waals surface area contributed by atoms with Crippen LogP contribution in [-0.2, 0) is 0 Å². The molecule has 1 aromatic rings. The van der Waals surface area contributed by atoms with Crippen molar-refractivity contribution in [1.82, 2.24) is 4.90 Å². The molecule has 0 aromatic heterocycles. The molecule has 18 heavy (non-hydrogen) atoms. The number of rotatable bonds is 1. The first-order valence-corrected chi connectivity index (χ1v) is 5.61. The number of carbonyl (C=O) groups excluding carboxylic acids is 1. The molecule has 1 amide bonds. The minimum Gasteiger partial charge on any atom is -0.391 e. The molecule has 0 spiro atoms. The molecule has 1 atom stereocenters. The third kappa shape index (κ3) is 2.48. The van der Waals surface area contributed by atoms with Crippen LogP contribution in [-0.4, -0.2) is 35.1 Å². The summed E-state index contributed by atoms with van der Waals surface area (Å²) < 4.78 is 39.6. The van der Waals surface area contributed by atoms with Gasteiger partial charge in [0.2, 0.25) is 0 Å². The lowest BCUT2D eigenvalue weighted by Crippen LogP contribution is -2.42. The minimum absolute atomic E-state index is 0.0368. The van der Waals surface area contributed by atoms with E-state index >= 15 is 0 Å². The first-order chi connectivity index (χ1) is 8.49. The topological polar surface area (TPSA) is 40.5 Å². The van der Waals surface area contributed by atoms with Gasteiger partial charge in [0, 0.05) is 25.2 Å². The van der Waals surface area contributed by atoms with Gasteiger partial charge in [-0.2, -0.15) is 0 Å². The molecule has 1 N–H and O–H groups in total. The Balaban J connectivity index is 2.28. The predicted octanol–water partition coefficient (Wildman–Crippen LogP) is 1.70. The van der Waals surface area contributed by atoms with E-state index in [2.05, 4.69) is 0 Å². The second-order valence-corrected chi connectivity index (χ2v) is 4.29. The van der Waals surface area contributed by atoms with E-state index in [1.54, 1.807) is 0 Å². The largest absolute Gasteiger partial charge is 0.391 e. The predicted molar refractivity (Wildman–Crippen MR) is 57.5 cm³/mol. The number of piperidine rings is 1. The average molecular weight is 259 g/mol. The molecule has 0 radical (unpaired) electrons. The third-order valence-corrected chi connectivity index (χ3v) is 2.90. The van der Waals surface area contributed by atoms with Crippen molar-refractivity contribution < 1.29 is 23.1 Å². The standard InChI is InChI=1S/C12H12F3NO2/c13-7-4-9(14)11(10(15)5-7)12(18)16-3-1-2-8(17)6-16/h4-5,8,17H,1-3,6H2. The first-order valence-electron chi connectivity index (χ1n) is 5.61. The Morgan fingerprint density at radius 2 is 1.89 bits per heavy atom. The molecule has 98 valence electrons. The van der Waals surface area contributed by atoms with Crippen LogP contribution < -0.4 is 0 Å². The van der Waals surface area contributed by atoms with E-state index in [-0.39, 0.29) is 6.54 Å². The SMILES string of the molecule is O=C(c1c(F)cc(F)cc1F)N1CCCC(O)C1. The van der Waals surface area contributed by atoms with Gasteiger partial charge in [-0.05, 0) is 12.8 Å². The van der Waals surface area contributed by atoms with Gasteiger partial charge >= 0.3 is 0 Å². The van der Waals surface area contributed by atoms with Crippen LogP contribution in [0.25, 0.3) is 0 Å². The van der Waals surface area contributed by atoms with E-state index in [0.717, 1.165) is 0 Å². The molecule has 0 bridgehead atoms. The number of likely N-dealkylation sites (tertiary alicyclic amines) is 1. The molecule has 1 saturated heterocycles. The van der Waals surface area contributed by atoms with Gasteiger partial charge in [-0.15, -0.1) is 0 Å². The highest BCUT2D eigenvalue weighted by molar-refractivity contribution is 5.94. The number of hydrogen-bond donors (Lipinski definition) is 1. The van der Waals surface area contributed by atoms with Gasteiger partial charge in [0.05, 0.1) is 6.10 Å². The fourth-order valence-corrected chi connectivity index (χ4v) is 2.04. The van der Waals surface area contributed by atoms with Crippen molar-refractivity contribution in [3.63, 3.8) is 0 Å². The summed E-state index contributed by atoms with van der Waals surface area (Å²) >= 11 is 0. The molecule has 6 heteroatoms. The lowest BCUT2D eigenvalue weighted by atomic mass is 10.1. The molecule has 3 nitrogen and oxygen atoms in total. The number of aliphatic hydroxyl groups is 1. The van der Waals surface area contributed by atoms with Gasteiger partial charge in [-0.25, -0.2) is 13.2 Å². The zero-order chi connectivity index (χ0) is 13.3. The minimum atomic E-state index is -1.22. The van der Waals surface area contributed by atoms with Crippen LogP contribution in [0, 0.1) is 17.5 Å². The number of amides is 1. The Bertz CT molecular complexity index is 455. The number of carbonyl (C=O) groups is 1. The summed E-state index contributed by atoms with van der Waals surface area (Å²) in [5.41, 5.74) is -0.773. The summed E-state index contributed by atoms with van der Waals surface area (Å²) in [6.07, 6.45) is 0.435. The summed E-state index contributed by atoms with van der Waals surface area (Å²) in [5.74, 6) is -4.38.